The standard InChI is InChI=1S/C27H34F3N3O6S2/c1-26(2,3)33-41(37,38)18-9-10-19(21(14-18)39-27(28,29)30)22-20(11-15-7-5-4-6-8-15)32-24(40-22)23(34)31-17-12-16(13-17)25(35)36/h9-10,14-17,33H,4-8,11-13H2,1-3H3,(H,31,34)(H,35,36)/t16-,17-. The van der Waals surface area contributed by atoms with E-state index < -0.39 is 50.4 Å². The summed E-state index contributed by atoms with van der Waals surface area (Å²) in [5.41, 5.74) is -0.450. The first-order valence-corrected chi connectivity index (χ1v) is 15.8. The van der Waals surface area contributed by atoms with Crippen LogP contribution in [0.3, 0.4) is 0 Å². The number of sulfonamides is 1. The van der Waals surface area contributed by atoms with E-state index in [2.05, 4.69) is 19.8 Å². The zero-order valence-electron chi connectivity index (χ0n) is 23.0. The number of alkyl halides is 3. The average molecular weight is 618 g/mol. The molecular weight excluding hydrogens is 583 g/mol. The quantitative estimate of drug-likeness (QED) is 0.338. The third-order valence-electron chi connectivity index (χ3n) is 7.10. The highest BCUT2D eigenvalue weighted by atomic mass is 32.2. The number of carboxylic acid groups (broad SMARTS) is 1. The van der Waals surface area contributed by atoms with Crippen molar-refractivity contribution in [2.24, 2.45) is 11.8 Å². The molecule has 2 aromatic rings. The van der Waals surface area contributed by atoms with E-state index in [0.29, 0.717) is 17.0 Å². The Kier molecular flexibility index (Phi) is 9.05. The molecule has 1 aromatic carbocycles. The van der Waals surface area contributed by atoms with Crippen LogP contribution >= 0.6 is 11.3 Å². The van der Waals surface area contributed by atoms with Crippen LogP contribution in [-0.2, 0) is 21.2 Å². The fourth-order valence-electron chi connectivity index (χ4n) is 5.18. The van der Waals surface area contributed by atoms with E-state index in [1.165, 1.54) is 12.1 Å². The topological polar surface area (TPSA) is 135 Å². The number of hydrogen-bond donors (Lipinski definition) is 3. The molecule has 0 saturated heterocycles. The summed E-state index contributed by atoms with van der Waals surface area (Å²) in [6.07, 6.45) is 0.938. The Morgan fingerprint density at radius 1 is 1.12 bits per heavy atom. The average Bonchev–Trinajstić information content (AvgIpc) is 3.22. The van der Waals surface area contributed by atoms with Crippen LogP contribution < -0.4 is 14.8 Å². The summed E-state index contributed by atoms with van der Waals surface area (Å²) in [5, 5.41) is 11.9. The van der Waals surface area contributed by atoms with Crippen molar-refractivity contribution in [3.63, 3.8) is 0 Å². The molecule has 0 atom stereocenters. The Labute approximate surface area is 240 Å². The molecule has 3 N–H and O–H groups in total. The summed E-state index contributed by atoms with van der Waals surface area (Å²) < 4.78 is 73.1. The van der Waals surface area contributed by atoms with Crippen molar-refractivity contribution in [1.82, 2.24) is 15.0 Å². The summed E-state index contributed by atoms with van der Waals surface area (Å²) in [5.74, 6) is -2.46. The lowest BCUT2D eigenvalue weighted by Gasteiger charge is -2.32. The van der Waals surface area contributed by atoms with Gasteiger partial charge in [-0.1, -0.05) is 32.1 Å². The molecule has 2 saturated carbocycles. The maximum absolute atomic E-state index is 13.5. The van der Waals surface area contributed by atoms with Crippen molar-refractivity contribution < 1.29 is 41.0 Å². The van der Waals surface area contributed by atoms with Gasteiger partial charge in [0.05, 0.1) is 21.4 Å². The third-order valence-corrected chi connectivity index (χ3v) is 9.98. The first-order chi connectivity index (χ1) is 19.0. The highest BCUT2D eigenvalue weighted by Crippen LogP contribution is 2.42. The number of ether oxygens (including phenoxy) is 1. The highest BCUT2D eigenvalue weighted by molar-refractivity contribution is 7.89. The largest absolute Gasteiger partial charge is 0.573 e. The van der Waals surface area contributed by atoms with Crippen molar-refractivity contribution in [2.45, 2.75) is 95.0 Å². The molecule has 9 nitrogen and oxygen atoms in total. The maximum atomic E-state index is 13.5. The van der Waals surface area contributed by atoms with E-state index in [0.717, 1.165) is 49.5 Å². The van der Waals surface area contributed by atoms with Gasteiger partial charge in [-0.15, -0.1) is 24.5 Å². The minimum atomic E-state index is -5.10. The van der Waals surface area contributed by atoms with E-state index in [1.807, 2.05) is 0 Å². The molecular formula is C27H34F3N3O6S2. The lowest BCUT2D eigenvalue weighted by molar-refractivity contribution is -0.274. The molecule has 2 aliphatic carbocycles. The number of halogens is 3. The van der Waals surface area contributed by atoms with Crippen LogP contribution in [0.2, 0.25) is 0 Å². The molecule has 41 heavy (non-hydrogen) atoms. The van der Waals surface area contributed by atoms with Crippen molar-refractivity contribution >= 4 is 33.2 Å². The predicted molar refractivity (Wildman–Crippen MR) is 146 cm³/mol. The summed E-state index contributed by atoms with van der Waals surface area (Å²) in [7, 11) is -4.17. The Morgan fingerprint density at radius 3 is 2.37 bits per heavy atom. The molecule has 14 heteroatoms. The van der Waals surface area contributed by atoms with Gasteiger partial charge in [0, 0.05) is 23.2 Å². The van der Waals surface area contributed by atoms with E-state index in [9.17, 15) is 31.2 Å². The van der Waals surface area contributed by atoms with Crippen LogP contribution in [0.4, 0.5) is 13.2 Å². The number of carbonyl (C=O) groups is 2. The number of aliphatic carboxylic acids is 1. The van der Waals surface area contributed by atoms with E-state index >= 15 is 0 Å². The van der Waals surface area contributed by atoms with E-state index in [4.69, 9.17) is 5.11 Å². The molecule has 0 spiro atoms. The Bertz CT molecular complexity index is 1390. The number of carbonyl (C=O) groups excluding carboxylic acids is 1. The van der Waals surface area contributed by atoms with Crippen LogP contribution in [0.25, 0.3) is 10.4 Å². The Morgan fingerprint density at radius 2 is 1.78 bits per heavy atom. The summed E-state index contributed by atoms with van der Waals surface area (Å²) in [6, 6.07) is 2.96. The zero-order valence-corrected chi connectivity index (χ0v) is 24.6. The third kappa shape index (κ3) is 8.19. The van der Waals surface area contributed by atoms with Crippen molar-refractivity contribution in [3.05, 3.63) is 28.9 Å². The van der Waals surface area contributed by atoms with Gasteiger partial charge in [-0.3, -0.25) is 9.59 Å². The molecule has 4 rings (SSSR count). The second-order valence-electron chi connectivity index (χ2n) is 11.7. The maximum Gasteiger partial charge on any atom is 0.573 e. The Balaban J connectivity index is 1.72. The first kappa shape index (κ1) is 31.2. The van der Waals surface area contributed by atoms with Crippen LogP contribution in [0.1, 0.15) is 81.2 Å². The van der Waals surface area contributed by atoms with Gasteiger partial charge in [0.2, 0.25) is 10.0 Å². The van der Waals surface area contributed by atoms with Crippen molar-refractivity contribution in [1.29, 1.82) is 0 Å². The minimum Gasteiger partial charge on any atom is -0.481 e. The fraction of sp³-hybridized carbons (Fsp3) is 0.593. The molecule has 0 aliphatic heterocycles. The van der Waals surface area contributed by atoms with Crippen molar-refractivity contribution in [2.75, 3.05) is 0 Å². The van der Waals surface area contributed by atoms with Gasteiger partial charge in [-0.25, -0.2) is 18.1 Å². The molecule has 0 unspecified atom stereocenters. The number of amides is 1. The van der Waals surface area contributed by atoms with Crippen LogP contribution in [0, 0.1) is 11.8 Å². The highest BCUT2D eigenvalue weighted by Gasteiger charge is 2.37. The van der Waals surface area contributed by atoms with Gasteiger partial charge in [0.15, 0.2) is 5.01 Å². The van der Waals surface area contributed by atoms with E-state index in [1.54, 1.807) is 20.8 Å². The molecule has 2 aliphatic rings. The number of hydrogen-bond acceptors (Lipinski definition) is 7. The number of thiazole rings is 1. The predicted octanol–water partition coefficient (Wildman–Crippen LogP) is 5.50. The monoisotopic (exact) mass is 617 g/mol. The smallest absolute Gasteiger partial charge is 0.481 e. The normalized spacial score (nSPS) is 20.3. The zero-order chi connectivity index (χ0) is 30.2. The first-order valence-electron chi connectivity index (χ1n) is 13.5. The Hall–Kier alpha value is -2.71. The lowest BCUT2D eigenvalue weighted by Crippen LogP contribution is -2.46. The summed E-state index contributed by atoms with van der Waals surface area (Å²) >= 11 is 0.905. The summed E-state index contributed by atoms with van der Waals surface area (Å²) in [6.45, 7) is 4.83. The van der Waals surface area contributed by atoms with Gasteiger partial charge in [-0.2, -0.15) is 0 Å². The van der Waals surface area contributed by atoms with Gasteiger partial charge in [-0.05, 0) is 58.1 Å². The number of carboxylic acids is 1. The van der Waals surface area contributed by atoms with Crippen LogP contribution in [-0.4, -0.2) is 48.3 Å². The van der Waals surface area contributed by atoms with Gasteiger partial charge < -0.3 is 15.2 Å². The van der Waals surface area contributed by atoms with Gasteiger partial charge in [0.25, 0.3) is 5.91 Å². The lowest BCUT2D eigenvalue weighted by atomic mass is 9.80. The number of rotatable bonds is 9. The van der Waals surface area contributed by atoms with Crippen LogP contribution in [0.5, 0.6) is 5.75 Å². The minimum absolute atomic E-state index is 0.0195. The fourth-order valence-corrected chi connectivity index (χ4v) is 7.63. The molecule has 1 aromatic heterocycles. The molecule has 1 amide bonds. The number of aromatic nitrogens is 1. The molecule has 226 valence electrons. The molecule has 2 fully saturated rings. The second kappa shape index (κ2) is 11.9. The number of nitrogens with zero attached hydrogens (tertiary/aromatic N) is 1. The van der Waals surface area contributed by atoms with Gasteiger partial charge >= 0.3 is 12.3 Å². The van der Waals surface area contributed by atoms with E-state index in [-0.39, 0.29) is 35.4 Å². The summed E-state index contributed by atoms with van der Waals surface area (Å²) in [4.78, 5) is 28.6. The molecule has 0 bridgehead atoms. The van der Waals surface area contributed by atoms with Crippen LogP contribution in [0.15, 0.2) is 23.1 Å². The second-order valence-corrected chi connectivity index (χ2v) is 14.4. The van der Waals surface area contributed by atoms with Gasteiger partial charge in [0.1, 0.15) is 5.75 Å². The molecule has 1 heterocycles. The SMILES string of the molecule is CC(C)(C)NS(=O)(=O)c1ccc(-c2sc(C(=O)N[C@H]3C[C@H](C(=O)O)C3)nc2CC2CCCCC2)c(OC(F)(F)F)c1. The number of benzene rings is 1. The van der Waals surface area contributed by atoms with Crippen molar-refractivity contribution in [3.8, 4) is 16.2 Å². The number of nitrogens with one attached hydrogen (secondary N) is 2. The molecule has 0 radical (unpaired) electrons.